The molecular formula is C9H13NO2. The number of ether oxygens (including phenoxy) is 1. The van der Waals surface area contributed by atoms with Gasteiger partial charge in [-0.05, 0) is 32.6 Å². The van der Waals surface area contributed by atoms with E-state index >= 15 is 0 Å². The first-order chi connectivity index (χ1) is 5.73. The topological polar surface area (TPSA) is 38.7 Å². The van der Waals surface area contributed by atoms with Crippen molar-refractivity contribution in [2.45, 2.75) is 44.6 Å². The molecule has 1 saturated carbocycles. The largest absolute Gasteiger partial charge is 0.435 e. The second kappa shape index (κ2) is 2.57. The third-order valence-electron chi connectivity index (χ3n) is 2.86. The van der Waals surface area contributed by atoms with Gasteiger partial charge in [0.1, 0.15) is 0 Å². The lowest BCUT2D eigenvalue weighted by Crippen LogP contribution is -2.38. The Hall–Kier alpha value is -0.860. The van der Waals surface area contributed by atoms with Crippen molar-refractivity contribution in [3.63, 3.8) is 0 Å². The van der Waals surface area contributed by atoms with E-state index in [1.54, 1.807) is 0 Å². The summed E-state index contributed by atoms with van der Waals surface area (Å²) in [5.41, 5.74) is 0.585. The average Bonchev–Trinajstić information content (AvgIpc) is 2.29. The summed E-state index contributed by atoms with van der Waals surface area (Å²) in [6, 6.07) is 0. The fourth-order valence-corrected chi connectivity index (χ4v) is 2.09. The fraction of sp³-hybridized carbons (Fsp3) is 0.778. The molecule has 3 heteroatoms. The zero-order chi connectivity index (χ0) is 8.60. The maximum atomic E-state index is 10.9. The zero-order valence-electron chi connectivity index (χ0n) is 7.30. The van der Waals surface area contributed by atoms with Gasteiger partial charge >= 0.3 is 6.09 Å². The van der Waals surface area contributed by atoms with Crippen molar-refractivity contribution >= 4 is 11.8 Å². The van der Waals surface area contributed by atoms with E-state index in [0.717, 1.165) is 31.4 Å². The molecule has 1 fully saturated rings. The van der Waals surface area contributed by atoms with Gasteiger partial charge in [-0.2, -0.15) is 4.99 Å². The van der Waals surface area contributed by atoms with Crippen LogP contribution in [0.15, 0.2) is 4.99 Å². The van der Waals surface area contributed by atoms with E-state index in [0.29, 0.717) is 0 Å². The van der Waals surface area contributed by atoms with E-state index in [1.807, 2.05) is 6.92 Å². The van der Waals surface area contributed by atoms with Gasteiger partial charge in [0.2, 0.25) is 0 Å². The summed E-state index contributed by atoms with van der Waals surface area (Å²) in [7, 11) is 0. The van der Waals surface area contributed by atoms with E-state index in [-0.39, 0.29) is 5.60 Å². The molecule has 0 unspecified atom stereocenters. The third kappa shape index (κ3) is 1.04. The van der Waals surface area contributed by atoms with Crippen molar-refractivity contribution in [2.24, 2.45) is 4.99 Å². The molecule has 1 aliphatic carbocycles. The van der Waals surface area contributed by atoms with Crippen LogP contribution in [0.2, 0.25) is 0 Å². The molecule has 66 valence electrons. The van der Waals surface area contributed by atoms with Crippen molar-refractivity contribution in [2.75, 3.05) is 0 Å². The Morgan fingerprint density at radius 2 is 2.00 bits per heavy atom. The Bertz CT molecular complexity index is 239. The number of hydrogen-bond donors (Lipinski definition) is 0. The van der Waals surface area contributed by atoms with Gasteiger partial charge < -0.3 is 4.74 Å². The molecular weight excluding hydrogens is 154 g/mol. The normalized spacial score (nSPS) is 27.1. The minimum atomic E-state index is -0.394. The standard InChI is InChI=1S/C9H13NO2/c1-7-9(12-8(11)10-7)5-3-2-4-6-9/h2-6H2,1H3. The molecule has 0 saturated heterocycles. The van der Waals surface area contributed by atoms with Crippen LogP contribution in [-0.2, 0) is 4.74 Å². The van der Waals surface area contributed by atoms with Crippen molar-refractivity contribution in [3.8, 4) is 0 Å². The number of amides is 1. The van der Waals surface area contributed by atoms with Gasteiger partial charge in [0.05, 0.1) is 5.71 Å². The summed E-state index contributed by atoms with van der Waals surface area (Å²) >= 11 is 0. The van der Waals surface area contributed by atoms with Gasteiger partial charge in [-0.15, -0.1) is 0 Å². The number of aliphatic imine (C=N–C) groups is 1. The van der Waals surface area contributed by atoms with E-state index in [2.05, 4.69) is 4.99 Å². The monoisotopic (exact) mass is 167 g/mol. The quantitative estimate of drug-likeness (QED) is 0.555. The van der Waals surface area contributed by atoms with Crippen LogP contribution in [0.25, 0.3) is 0 Å². The minimum Gasteiger partial charge on any atom is -0.435 e. The lowest BCUT2D eigenvalue weighted by molar-refractivity contribution is 0.0535. The zero-order valence-corrected chi connectivity index (χ0v) is 7.30. The van der Waals surface area contributed by atoms with Crippen LogP contribution in [0.4, 0.5) is 4.79 Å². The summed E-state index contributed by atoms with van der Waals surface area (Å²) in [6.45, 7) is 1.90. The van der Waals surface area contributed by atoms with Gasteiger partial charge in [0.25, 0.3) is 0 Å². The summed E-state index contributed by atoms with van der Waals surface area (Å²) in [6.07, 6.45) is 5.10. The van der Waals surface area contributed by atoms with Gasteiger partial charge in [0.15, 0.2) is 5.60 Å². The van der Waals surface area contributed by atoms with Crippen LogP contribution >= 0.6 is 0 Å². The summed E-state index contributed by atoms with van der Waals surface area (Å²) < 4.78 is 5.26. The molecule has 2 rings (SSSR count). The van der Waals surface area contributed by atoms with Crippen LogP contribution in [0.3, 0.4) is 0 Å². The lowest BCUT2D eigenvalue weighted by Gasteiger charge is -2.31. The van der Waals surface area contributed by atoms with Gasteiger partial charge in [-0.3, -0.25) is 0 Å². The third-order valence-corrected chi connectivity index (χ3v) is 2.86. The Kier molecular flexibility index (Phi) is 1.67. The molecule has 3 nitrogen and oxygen atoms in total. The Balaban J connectivity index is 2.21. The molecule has 1 amide bonds. The van der Waals surface area contributed by atoms with Crippen LogP contribution in [-0.4, -0.2) is 17.4 Å². The molecule has 1 spiro atoms. The Labute approximate surface area is 71.8 Å². The van der Waals surface area contributed by atoms with E-state index < -0.39 is 6.09 Å². The summed E-state index contributed by atoms with van der Waals surface area (Å²) in [5.74, 6) is 0. The molecule has 2 aliphatic rings. The first-order valence-corrected chi connectivity index (χ1v) is 4.52. The molecule has 0 aromatic heterocycles. The highest BCUT2D eigenvalue weighted by molar-refractivity contribution is 6.02. The van der Waals surface area contributed by atoms with Crippen molar-refractivity contribution in [1.82, 2.24) is 0 Å². The van der Waals surface area contributed by atoms with Crippen LogP contribution in [0.5, 0.6) is 0 Å². The number of carbonyl (C=O) groups excluding carboxylic acids is 1. The average molecular weight is 167 g/mol. The second-order valence-corrected chi connectivity index (χ2v) is 3.62. The highest BCUT2D eigenvalue weighted by Gasteiger charge is 2.43. The molecule has 1 heterocycles. The maximum Gasteiger partial charge on any atom is 0.434 e. The first kappa shape index (κ1) is 7.77. The Morgan fingerprint density at radius 1 is 1.33 bits per heavy atom. The Morgan fingerprint density at radius 3 is 2.50 bits per heavy atom. The predicted octanol–water partition coefficient (Wildman–Crippen LogP) is 2.30. The van der Waals surface area contributed by atoms with Gasteiger partial charge in [0, 0.05) is 0 Å². The lowest BCUT2D eigenvalue weighted by atomic mass is 9.82. The highest BCUT2D eigenvalue weighted by atomic mass is 16.6. The van der Waals surface area contributed by atoms with E-state index in [1.165, 1.54) is 6.42 Å². The summed E-state index contributed by atoms with van der Waals surface area (Å²) in [5, 5.41) is 0. The molecule has 0 radical (unpaired) electrons. The number of rotatable bonds is 0. The van der Waals surface area contributed by atoms with Crippen LogP contribution < -0.4 is 0 Å². The van der Waals surface area contributed by atoms with Crippen LogP contribution in [0, 0.1) is 0 Å². The molecule has 0 aromatic carbocycles. The number of hydrogen-bond acceptors (Lipinski definition) is 2. The molecule has 0 N–H and O–H groups in total. The second-order valence-electron chi connectivity index (χ2n) is 3.62. The first-order valence-electron chi connectivity index (χ1n) is 4.52. The van der Waals surface area contributed by atoms with E-state index in [4.69, 9.17) is 4.74 Å². The predicted molar refractivity (Wildman–Crippen MR) is 45.4 cm³/mol. The van der Waals surface area contributed by atoms with Crippen molar-refractivity contribution < 1.29 is 9.53 Å². The van der Waals surface area contributed by atoms with Crippen LogP contribution in [0.1, 0.15) is 39.0 Å². The van der Waals surface area contributed by atoms with Crippen molar-refractivity contribution in [3.05, 3.63) is 0 Å². The maximum absolute atomic E-state index is 10.9. The number of carbonyl (C=O) groups is 1. The van der Waals surface area contributed by atoms with Crippen molar-refractivity contribution in [1.29, 1.82) is 0 Å². The molecule has 0 aromatic rings. The smallest absolute Gasteiger partial charge is 0.434 e. The fourth-order valence-electron chi connectivity index (χ4n) is 2.09. The molecule has 0 bridgehead atoms. The SMILES string of the molecule is CC1=NC(=O)OC12CCCCC2. The summed E-state index contributed by atoms with van der Waals surface area (Å²) in [4.78, 5) is 14.7. The minimum absolute atomic E-state index is 0.296. The highest BCUT2D eigenvalue weighted by Crippen LogP contribution is 2.36. The van der Waals surface area contributed by atoms with Gasteiger partial charge in [-0.1, -0.05) is 6.42 Å². The number of nitrogens with zero attached hydrogens (tertiary/aromatic N) is 1. The van der Waals surface area contributed by atoms with Gasteiger partial charge in [-0.25, -0.2) is 4.79 Å². The molecule has 12 heavy (non-hydrogen) atoms. The molecule has 0 atom stereocenters. The van der Waals surface area contributed by atoms with E-state index in [9.17, 15) is 4.79 Å². The molecule has 1 aliphatic heterocycles.